The van der Waals surface area contributed by atoms with Gasteiger partial charge in [-0.05, 0) is 45.4 Å². The summed E-state index contributed by atoms with van der Waals surface area (Å²) in [5.41, 5.74) is 1.16. The van der Waals surface area contributed by atoms with E-state index in [-0.39, 0.29) is 5.57 Å². The molecule has 2 heterocycles. The fourth-order valence-corrected chi connectivity index (χ4v) is 1.98. The van der Waals surface area contributed by atoms with Crippen molar-refractivity contribution < 1.29 is 14.6 Å². The lowest BCUT2D eigenvalue weighted by Crippen LogP contribution is -2.23. The van der Waals surface area contributed by atoms with E-state index in [0.717, 1.165) is 5.56 Å². The predicted octanol–water partition coefficient (Wildman–Crippen LogP) is 2.81. The van der Waals surface area contributed by atoms with Crippen molar-refractivity contribution in [1.82, 2.24) is 9.38 Å². The average Bonchev–Trinajstić information content (AvgIpc) is 2.72. The van der Waals surface area contributed by atoms with E-state index in [2.05, 4.69) is 4.98 Å². The molecule has 2 rings (SSSR count). The third-order valence-corrected chi connectivity index (χ3v) is 2.88. The molecule has 6 nitrogen and oxygen atoms in total. The van der Waals surface area contributed by atoms with Crippen LogP contribution in [0, 0.1) is 18.3 Å². The zero-order chi connectivity index (χ0) is 16.5. The molecular weight excluding hydrogens is 282 g/mol. The lowest BCUT2D eigenvalue weighted by molar-refractivity contribution is -0.132. The molecule has 6 heteroatoms. The van der Waals surface area contributed by atoms with Crippen LogP contribution in [0.3, 0.4) is 0 Å². The number of pyridine rings is 1. The fourth-order valence-electron chi connectivity index (χ4n) is 1.98. The van der Waals surface area contributed by atoms with Crippen LogP contribution < -0.4 is 4.74 Å². The van der Waals surface area contributed by atoms with Gasteiger partial charge in [0.2, 0.25) is 5.88 Å². The molecule has 0 saturated heterocycles. The van der Waals surface area contributed by atoms with Crippen LogP contribution in [0.25, 0.3) is 11.7 Å². The van der Waals surface area contributed by atoms with E-state index in [1.54, 1.807) is 16.7 Å². The van der Waals surface area contributed by atoms with Crippen molar-refractivity contribution in [3.8, 4) is 11.9 Å². The molecular formula is C16H17N3O3. The number of aliphatic carboxylic acids is 1. The number of carboxylic acid groups (broad SMARTS) is 1. The lowest BCUT2D eigenvalue weighted by atomic mass is 10.2. The summed E-state index contributed by atoms with van der Waals surface area (Å²) in [6.07, 6.45) is 3.04. The number of nitrogens with zero attached hydrogens (tertiary/aromatic N) is 3. The van der Waals surface area contributed by atoms with E-state index in [4.69, 9.17) is 15.1 Å². The highest BCUT2D eigenvalue weighted by molar-refractivity contribution is 5.96. The van der Waals surface area contributed by atoms with Crippen molar-refractivity contribution in [2.75, 3.05) is 0 Å². The number of hydrogen-bond donors (Lipinski definition) is 1. The number of carboxylic acids is 1. The standard InChI is InChI=1S/C16H17N3O3/c1-10-6-5-7-19-12(8-11(9-17)15(20)21)14(18-13(10)19)22-16(2,3)4/h5-8H,1-4H3,(H,20,21)/b11-8+. The quantitative estimate of drug-likeness (QED) is 0.695. The monoisotopic (exact) mass is 299 g/mol. The molecule has 0 saturated carbocycles. The first-order valence-corrected chi connectivity index (χ1v) is 6.74. The molecule has 2 aromatic heterocycles. The maximum Gasteiger partial charge on any atom is 0.346 e. The Labute approximate surface area is 128 Å². The summed E-state index contributed by atoms with van der Waals surface area (Å²) < 4.78 is 7.54. The normalized spacial score (nSPS) is 12.2. The van der Waals surface area contributed by atoms with Gasteiger partial charge in [0.25, 0.3) is 0 Å². The van der Waals surface area contributed by atoms with E-state index < -0.39 is 11.6 Å². The number of hydrogen-bond acceptors (Lipinski definition) is 4. The molecule has 0 unspecified atom stereocenters. The van der Waals surface area contributed by atoms with E-state index in [1.165, 1.54) is 6.08 Å². The van der Waals surface area contributed by atoms with E-state index in [1.807, 2.05) is 39.8 Å². The lowest BCUT2D eigenvalue weighted by Gasteiger charge is -2.19. The maximum atomic E-state index is 11.1. The van der Waals surface area contributed by atoms with Crippen LogP contribution in [0.15, 0.2) is 23.9 Å². The third kappa shape index (κ3) is 3.09. The van der Waals surface area contributed by atoms with Crippen molar-refractivity contribution in [2.45, 2.75) is 33.3 Å². The van der Waals surface area contributed by atoms with Crippen LogP contribution in [0.2, 0.25) is 0 Å². The topological polar surface area (TPSA) is 87.6 Å². The molecule has 1 N–H and O–H groups in total. The SMILES string of the molecule is Cc1cccn2c(/C=C(\C#N)C(=O)O)c(OC(C)(C)C)nc12. The highest BCUT2D eigenvalue weighted by atomic mass is 16.5. The first kappa shape index (κ1) is 15.6. The van der Waals surface area contributed by atoms with Crippen LogP contribution >= 0.6 is 0 Å². The predicted molar refractivity (Wildman–Crippen MR) is 81.5 cm³/mol. The van der Waals surface area contributed by atoms with Crippen LogP contribution in [0.4, 0.5) is 0 Å². The molecule has 0 radical (unpaired) electrons. The summed E-state index contributed by atoms with van der Waals surface area (Å²) in [6.45, 7) is 7.53. The Bertz CT molecular complexity index is 804. The number of carbonyl (C=O) groups is 1. The van der Waals surface area contributed by atoms with Crippen molar-refractivity contribution in [1.29, 1.82) is 5.26 Å². The Balaban J connectivity index is 2.74. The number of fused-ring (bicyclic) bond motifs is 1. The third-order valence-electron chi connectivity index (χ3n) is 2.88. The Hall–Kier alpha value is -2.81. The second kappa shape index (κ2) is 5.53. The van der Waals surface area contributed by atoms with Crippen LogP contribution in [0.1, 0.15) is 32.0 Å². The Morgan fingerprint density at radius 3 is 2.73 bits per heavy atom. The molecule has 0 aliphatic carbocycles. The molecule has 2 aromatic rings. The molecule has 0 aliphatic heterocycles. The molecule has 0 amide bonds. The Kier molecular flexibility index (Phi) is 3.91. The minimum absolute atomic E-state index is 0.302. The van der Waals surface area contributed by atoms with Crippen LogP contribution in [-0.2, 0) is 4.79 Å². The van der Waals surface area contributed by atoms with Gasteiger partial charge in [-0.3, -0.25) is 4.40 Å². The highest BCUT2D eigenvalue weighted by Gasteiger charge is 2.21. The summed E-state index contributed by atoms with van der Waals surface area (Å²) in [4.78, 5) is 15.5. The summed E-state index contributed by atoms with van der Waals surface area (Å²) in [5, 5.41) is 18.0. The number of aromatic nitrogens is 2. The Morgan fingerprint density at radius 2 is 2.18 bits per heavy atom. The summed E-state index contributed by atoms with van der Waals surface area (Å²) in [6, 6.07) is 5.40. The van der Waals surface area contributed by atoms with Gasteiger partial charge in [0.1, 0.15) is 28.6 Å². The summed E-state index contributed by atoms with van der Waals surface area (Å²) in [5.74, 6) is -0.984. The molecule has 0 aromatic carbocycles. The van der Waals surface area contributed by atoms with E-state index in [9.17, 15) is 4.79 Å². The van der Waals surface area contributed by atoms with E-state index in [0.29, 0.717) is 17.2 Å². The fraction of sp³-hybridized carbons (Fsp3) is 0.312. The van der Waals surface area contributed by atoms with Gasteiger partial charge < -0.3 is 9.84 Å². The first-order valence-electron chi connectivity index (χ1n) is 6.74. The summed E-state index contributed by atoms with van der Waals surface area (Å²) >= 11 is 0. The zero-order valence-corrected chi connectivity index (χ0v) is 12.9. The second-order valence-electron chi connectivity index (χ2n) is 5.88. The van der Waals surface area contributed by atoms with Gasteiger partial charge in [-0.2, -0.15) is 10.2 Å². The second-order valence-corrected chi connectivity index (χ2v) is 5.88. The highest BCUT2D eigenvalue weighted by Crippen LogP contribution is 2.27. The summed E-state index contributed by atoms with van der Waals surface area (Å²) in [7, 11) is 0. The molecule has 114 valence electrons. The number of ether oxygens (including phenoxy) is 1. The van der Waals surface area contributed by atoms with Crippen molar-refractivity contribution in [3.63, 3.8) is 0 Å². The van der Waals surface area contributed by atoms with Gasteiger partial charge >= 0.3 is 5.97 Å². The van der Waals surface area contributed by atoms with Crippen LogP contribution in [0.5, 0.6) is 5.88 Å². The molecule has 22 heavy (non-hydrogen) atoms. The number of nitriles is 1. The Morgan fingerprint density at radius 1 is 1.50 bits per heavy atom. The average molecular weight is 299 g/mol. The number of imidazole rings is 1. The van der Waals surface area contributed by atoms with Crippen molar-refractivity contribution in [2.24, 2.45) is 0 Å². The minimum Gasteiger partial charge on any atom is -0.477 e. The van der Waals surface area contributed by atoms with Gasteiger partial charge in [-0.15, -0.1) is 0 Å². The van der Waals surface area contributed by atoms with Crippen molar-refractivity contribution in [3.05, 3.63) is 35.2 Å². The van der Waals surface area contributed by atoms with Gasteiger partial charge in [0, 0.05) is 6.20 Å². The molecule has 0 bridgehead atoms. The minimum atomic E-state index is -1.29. The maximum absolute atomic E-state index is 11.1. The molecule has 0 spiro atoms. The van der Waals surface area contributed by atoms with Crippen LogP contribution in [-0.4, -0.2) is 26.1 Å². The van der Waals surface area contributed by atoms with E-state index >= 15 is 0 Å². The number of aryl methyl sites for hydroxylation is 1. The smallest absolute Gasteiger partial charge is 0.346 e. The molecule has 0 fully saturated rings. The zero-order valence-electron chi connectivity index (χ0n) is 12.9. The molecule has 0 atom stereocenters. The molecule has 0 aliphatic rings. The van der Waals surface area contributed by atoms with Gasteiger partial charge in [-0.25, -0.2) is 4.79 Å². The van der Waals surface area contributed by atoms with Crippen molar-refractivity contribution >= 4 is 17.7 Å². The van der Waals surface area contributed by atoms with Gasteiger partial charge in [0.05, 0.1) is 0 Å². The van der Waals surface area contributed by atoms with Gasteiger partial charge in [-0.1, -0.05) is 6.07 Å². The van der Waals surface area contributed by atoms with Gasteiger partial charge in [0.15, 0.2) is 0 Å². The first-order chi connectivity index (χ1) is 10.2. The number of rotatable bonds is 3. The largest absolute Gasteiger partial charge is 0.477 e.